The van der Waals surface area contributed by atoms with Crippen LogP contribution in [0.15, 0.2) is 36.5 Å². The zero-order valence-corrected chi connectivity index (χ0v) is 6.83. The Balaban J connectivity index is 4.20. The van der Waals surface area contributed by atoms with Crippen molar-refractivity contribution in [3.05, 3.63) is 36.5 Å². The zero-order chi connectivity index (χ0) is 9.56. The van der Waals surface area contributed by atoms with Crippen molar-refractivity contribution >= 4 is 5.97 Å². The van der Waals surface area contributed by atoms with E-state index >= 15 is 0 Å². The Morgan fingerprint density at radius 3 is 2.50 bits per heavy atom. The van der Waals surface area contributed by atoms with Crippen LogP contribution in [0, 0.1) is 11.3 Å². The SMILES string of the molecule is C=C(C#N)/C=C\C(=C)C(=O)OC. The monoisotopic (exact) mass is 163 g/mol. The summed E-state index contributed by atoms with van der Waals surface area (Å²) >= 11 is 0. The van der Waals surface area contributed by atoms with Crippen molar-refractivity contribution in [1.82, 2.24) is 0 Å². The molecule has 0 heterocycles. The number of methoxy groups -OCH3 is 1. The fourth-order valence-electron chi connectivity index (χ4n) is 0.438. The van der Waals surface area contributed by atoms with Crippen molar-refractivity contribution in [3.63, 3.8) is 0 Å². The fraction of sp³-hybridized carbons (Fsp3) is 0.111. The maximum absolute atomic E-state index is 10.7. The van der Waals surface area contributed by atoms with Crippen LogP contribution >= 0.6 is 0 Å². The zero-order valence-electron chi connectivity index (χ0n) is 6.83. The number of allylic oxidation sites excluding steroid dienone is 2. The number of hydrogen-bond donors (Lipinski definition) is 0. The number of esters is 1. The summed E-state index contributed by atoms with van der Waals surface area (Å²) in [5.74, 6) is -0.517. The topological polar surface area (TPSA) is 50.1 Å². The number of nitriles is 1. The molecule has 0 aliphatic carbocycles. The van der Waals surface area contributed by atoms with Gasteiger partial charge in [0.25, 0.3) is 0 Å². The Hall–Kier alpha value is -1.82. The first kappa shape index (κ1) is 10.2. The van der Waals surface area contributed by atoms with Gasteiger partial charge in [0.15, 0.2) is 0 Å². The van der Waals surface area contributed by atoms with Gasteiger partial charge >= 0.3 is 5.97 Å². The highest BCUT2D eigenvalue weighted by Crippen LogP contribution is 1.98. The molecule has 3 heteroatoms. The fourth-order valence-corrected chi connectivity index (χ4v) is 0.438. The molecule has 0 fully saturated rings. The minimum absolute atomic E-state index is 0.189. The van der Waals surface area contributed by atoms with Gasteiger partial charge < -0.3 is 4.74 Å². The van der Waals surface area contributed by atoms with Gasteiger partial charge in [-0.05, 0) is 12.2 Å². The second-order valence-corrected chi connectivity index (χ2v) is 1.99. The van der Waals surface area contributed by atoms with Crippen molar-refractivity contribution in [1.29, 1.82) is 5.26 Å². The van der Waals surface area contributed by atoms with Crippen LogP contribution in [0.1, 0.15) is 0 Å². The number of nitrogens with zero attached hydrogens (tertiary/aromatic N) is 1. The van der Waals surface area contributed by atoms with Gasteiger partial charge in [-0.1, -0.05) is 13.2 Å². The van der Waals surface area contributed by atoms with E-state index in [0.717, 1.165) is 0 Å². The molecule has 0 aromatic heterocycles. The van der Waals surface area contributed by atoms with Gasteiger partial charge in [0.05, 0.1) is 18.8 Å². The normalized spacial score (nSPS) is 9.00. The van der Waals surface area contributed by atoms with Crippen LogP contribution in [0.3, 0.4) is 0 Å². The Morgan fingerprint density at radius 2 is 2.08 bits per heavy atom. The average Bonchev–Trinajstić information content (AvgIpc) is 2.11. The van der Waals surface area contributed by atoms with Crippen molar-refractivity contribution < 1.29 is 9.53 Å². The summed E-state index contributed by atoms with van der Waals surface area (Å²) in [4.78, 5) is 10.7. The molecular formula is C9H9NO2. The van der Waals surface area contributed by atoms with Crippen LogP contribution in [0.25, 0.3) is 0 Å². The van der Waals surface area contributed by atoms with Crippen LogP contribution in [-0.4, -0.2) is 13.1 Å². The summed E-state index contributed by atoms with van der Waals surface area (Å²) in [6, 6.07) is 1.80. The molecule has 12 heavy (non-hydrogen) atoms. The number of carbonyl (C=O) groups excluding carboxylic acids is 1. The maximum atomic E-state index is 10.7. The minimum atomic E-state index is -0.517. The van der Waals surface area contributed by atoms with Crippen LogP contribution in [-0.2, 0) is 9.53 Å². The van der Waals surface area contributed by atoms with Crippen LogP contribution in [0.2, 0.25) is 0 Å². The van der Waals surface area contributed by atoms with Crippen LogP contribution in [0.5, 0.6) is 0 Å². The van der Waals surface area contributed by atoms with E-state index in [9.17, 15) is 4.79 Å². The molecule has 0 N–H and O–H groups in total. The number of ether oxygens (including phenoxy) is 1. The predicted octanol–water partition coefficient (Wildman–Crippen LogP) is 1.35. The van der Waals surface area contributed by atoms with Crippen LogP contribution in [0.4, 0.5) is 0 Å². The standard InChI is InChI=1S/C9H9NO2/c1-7(6-10)4-5-8(2)9(11)12-3/h4-5H,1-2H2,3H3/b5-4-. The first-order valence-corrected chi connectivity index (χ1v) is 3.16. The van der Waals surface area contributed by atoms with Gasteiger partial charge in [0.1, 0.15) is 0 Å². The first-order valence-electron chi connectivity index (χ1n) is 3.16. The molecule has 0 rings (SSSR count). The average molecular weight is 163 g/mol. The van der Waals surface area contributed by atoms with Gasteiger partial charge in [-0.2, -0.15) is 5.26 Å². The maximum Gasteiger partial charge on any atom is 0.337 e. The van der Waals surface area contributed by atoms with E-state index in [1.807, 2.05) is 0 Å². The molecule has 0 aromatic carbocycles. The molecule has 62 valence electrons. The second-order valence-electron chi connectivity index (χ2n) is 1.99. The lowest BCUT2D eigenvalue weighted by Gasteiger charge is -1.94. The highest BCUT2D eigenvalue weighted by Gasteiger charge is 2.00. The third-order valence-electron chi connectivity index (χ3n) is 1.08. The smallest absolute Gasteiger partial charge is 0.337 e. The minimum Gasteiger partial charge on any atom is -0.465 e. The van der Waals surface area contributed by atoms with E-state index in [0.29, 0.717) is 0 Å². The van der Waals surface area contributed by atoms with Gasteiger partial charge in [-0.25, -0.2) is 4.79 Å². The third-order valence-corrected chi connectivity index (χ3v) is 1.08. The van der Waals surface area contributed by atoms with Crippen molar-refractivity contribution in [3.8, 4) is 6.07 Å². The Labute approximate surface area is 71.3 Å². The largest absolute Gasteiger partial charge is 0.465 e. The highest BCUT2D eigenvalue weighted by atomic mass is 16.5. The first-order chi connectivity index (χ1) is 5.61. The van der Waals surface area contributed by atoms with Crippen LogP contribution < -0.4 is 0 Å². The molecule has 0 aliphatic rings. The summed E-state index contributed by atoms with van der Waals surface area (Å²) < 4.78 is 4.38. The number of carbonyl (C=O) groups is 1. The summed E-state index contributed by atoms with van der Waals surface area (Å²) in [7, 11) is 1.26. The molecular weight excluding hydrogens is 154 g/mol. The van der Waals surface area contributed by atoms with Crippen molar-refractivity contribution in [2.75, 3.05) is 7.11 Å². The summed E-state index contributed by atoms with van der Waals surface area (Å²) in [5, 5.41) is 8.30. The molecule has 0 unspecified atom stereocenters. The Kier molecular flexibility index (Phi) is 4.17. The predicted molar refractivity (Wildman–Crippen MR) is 45.0 cm³/mol. The van der Waals surface area contributed by atoms with Crippen molar-refractivity contribution in [2.45, 2.75) is 0 Å². The number of hydrogen-bond acceptors (Lipinski definition) is 3. The molecule has 0 saturated heterocycles. The summed E-state index contributed by atoms with van der Waals surface area (Å²) in [6.07, 6.45) is 2.79. The Bertz CT molecular complexity index is 281. The summed E-state index contributed by atoms with van der Waals surface area (Å²) in [6.45, 7) is 6.81. The molecule has 0 radical (unpaired) electrons. The van der Waals surface area contributed by atoms with Gasteiger partial charge in [-0.15, -0.1) is 0 Å². The Morgan fingerprint density at radius 1 is 1.50 bits per heavy atom. The van der Waals surface area contributed by atoms with Gasteiger partial charge in [0.2, 0.25) is 0 Å². The molecule has 0 aliphatic heterocycles. The van der Waals surface area contributed by atoms with Gasteiger partial charge in [0, 0.05) is 5.57 Å². The van der Waals surface area contributed by atoms with E-state index < -0.39 is 5.97 Å². The number of rotatable bonds is 3. The lowest BCUT2D eigenvalue weighted by Crippen LogP contribution is -2.00. The molecule has 0 saturated carbocycles. The van der Waals surface area contributed by atoms with Crippen molar-refractivity contribution in [2.24, 2.45) is 0 Å². The van der Waals surface area contributed by atoms with Gasteiger partial charge in [-0.3, -0.25) is 0 Å². The second kappa shape index (κ2) is 4.91. The molecule has 0 bridgehead atoms. The summed E-state index contributed by atoms with van der Waals surface area (Å²) in [5.41, 5.74) is 0.453. The highest BCUT2D eigenvalue weighted by molar-refractivity contribution is 5.90. The lowest BCUT2D eigenvalue weighted by molar-refractivity contribution is -0.135. The lowest BCUT2D eigenvalue weighted by atomic mass is 10.2. The quantitative estimate of drug-likeness (QED) is 0.273. The van der Waals surface area contributed by atoms with E-state index in [-0.39, 0.29) is 11.1 Å². The van der Waals surface area contributed by atoms with E-state index in [1.54, 1.807) is 6.07 Å². The van der Waals surface area contributed by atoms with E-state index in [1.165, 1.54) is 19.3 Å². The molecule has 0 amide bonds. The molecule has 0 spiro atoms. The third kappa shape index (κ3) is 3.37. The molecule has 0 atom stereocenters. The molecule has 3 nitrogen and oxygen atoms in total. The molecule has 0 aromatic rings. The van der Waals surface area contributed by atoms with E-state index in [2.05, 4.69) is 17.9 Å². The van der Waals surface area contributed by atoms with E-state index in [4.69, 9.17) is 5.26 Å².